The number of nitrogens with one attached hydrogen (secondary N) is 1. The Labute approximate surface area is 134 Å². The van der Waals surface area contributed by atoms with Crippen LogP contribution in [0.3, 0.4) is 0 Å². The van der Waals surface area contributed by atoms with E-state index in [1.54, 1.807) is 0 Å². The lowest BCUT2D eigenvalue weighted by Crippen LogP contribution is -2.25. The Hall–Kier alpha value is -1.53. The first kappa shape index (κ1) is 16.8. The number of hydrogen-bond donors (Lipinski definition) is 1. The van der Waals surface area contributed by atoms with Gasteiger partial charge in [-0.15, -0.1) is 16.6 Å². The second-order valence-electron chi connectivity index (χ2n) is 5.20. The van der Waals surface area contributed by atoms with Gasteiger partial charge in [-0.3, -0.25) is 4.79 Å². The second-order valence-corrected chi connectivity index (χ2v) is 8.37. The summed E-state index contributed by atoms with van der Waals surface area (Å²) in [6.07, 6.45) is 6.33. The summed E-state index contributed by atoms with van der Waals surface area (Å²) in [5, 5.41) is 11.4. The summed E-state index contributed by atoms with van der Waals surface area (Å²) < 4.78 is 24.8. The highest BCUT2D eigenvalue weighted by Crippen LogP contribution is 2.23. The third kappa shape index (κ3) is 4.48. The first-order valence-corrected chi connectivity index (χ1v) is 9.63. The standard InChI is InChI=1S/C13H18N4O3S2/c1-3-5-14-12(18)8-21-13-16-15-11(17(13)2)7-10-4-6-22(19,20)9-10/h1,10H,4-9H2,2H3,(H,14,18)/t10-/m1/s1. The Morgan fingerprint density at radius 2 is 2.32 bits per heavy atom. The summed E-state index contributed by atoms with van der Waals surface area (Å²) in [6, 6.07) is 0. The van der Waals surface area contributed by atoms with E-state index in [-0.39, 0.29) is 35.6 Å². The van der Waals surface area contributed by atoms with Crippen LogP contribution in [0.25, 0.3) is 0 Å². The first-order chi connectivity index (χ1) is 10.4. The molecule has 1 aromatic rings. The van der Waals surface area contributed by atoms with E-state index in [1.165, 1.54) is 11.8 Å². The minimum absolute atomic E-state index is 0.102. The number of carbonyl (C=O) groups is 1. The molecule has 1 fully saturated rings. The van der Waals surface area contributed by atoms with Crippen molar-refractivity contribution in [3.8, 4) is 12.3 Å². The van der Waals surface area contributed by atoms with E-state index in [0.717, 1.165) is 5.82 Å². The Morgan fingerprint density at radius 1 is 1.55 bits per heavy atom. The normalized spacial score (nSPS) is 19.7. The number of rotatable bonds is 6. The number of hydrogen-bond acceptors (Lipinski definition) is 6. The third-order valence-corrected chi connectivity index (χ3v) is 6.30. The molecular formula is C13H18N4O3S2. The molecule has 1 aromatic heterocycles. The molecule has 120 valence electrons. The predicted molar refractivity (Wildman–Crippen MR) is 84.0 cm³/mol. The van der Waals surface area contributed by atoms with Crippen molar-refractivity contribution >= 4 is 27.5 Å². The Kier molecular flexibility index (Phi) is 5.47. The summed E-state index contributed by atoms with van der Waals surface area (Å²) in [5.41, 5.74) is 0. The Morgan fingerprint density at radius 3 is 2.95 bits per heavy atom. The van der Waals surface area contributed by atoms with Crippen molar-refractivity contribution in [1.82, 2.24) is 20.1 Å². The van der Waals surface area contributed by atoms with Crippen LogP contribution in [0.1, 0.15) is 12.2 Å². The van der Waals surface area contributed by atoms with Gasteiger partial charge in [0.05, 0.1) is 23.8 Å². The first-order valence-electron chi connectivity index (χ1n) is 6.83. The third-order valence-electron chi connectivity index (χ3n) is 3.44. The molecule has 0 unspecified atom stereocenters. The number of amides is 1. The van der Waals surface area contributed by atoms with Gasteiger partial charge in [0.2, 0.25) is 5.91 Å². The highest BCUT2D eigenvalue weighted by atomic mass is 32.2. The minimum atomic E-state index is -2.88. The average Bonchev–Trinajstić information content (AvgIpc) is 2.98. The fourth-order valence-electron chi connectivity index (χ4n) is 2.27. The van der Waals surface area contributed by atoms with Crippen LogP contribution in [0, 0.1) is 18.3 Å². The van der Waals surface area contributed by atoms with Crippen LogP contribution in [0.5, 0.6) is 0 Å². The van der Waals surface area contributed by atoms with E-state index in [2.05, 4.69) is 21.4 Å². The zero-order valence-corrected chi connectivity index (χ0v) is 13.9. The maximum atomic E-state index is 11.5. The molecule has 1 aliphatic rings. The lowest BCUT2D eigenvalue weighted by atomic mass is 10.1. The molecule has 0 saturated carbocycles. The SMILES string of the molecule is C#CCNC(=O)CSc1nnc(C[C@H]2CCS(=O)(=O)C2)n1C. The van der Waals surface area contributed by atoms with Crippen molar-refractivity contribution in [3.63, 3.8) is 0 Å². The molecular weight excluding hydrogens is 324 g/mol. The van der Waals surface area contributed by atoms with E-state index in [0.29, 0.717) is 18.0 Å². The summed E-state index contributed by atoms with van der Waals surface area (Å²) in [4.78, 5) is 11.5. The van der Waals surface area contributed by atoms with Crippen molar-refractivity contribution in [2.75, 3.05) is 23.8 Å². The van der Waals surface area contributed by atoms with Crippen molar-refractivity contribution < 1.29 is 13.2 Å². The van der Waals surface area contributed by atoms with Crippen LogP contribution in [-0.2, 0) is 28.1 Å². The minimum Gasteiger partial charge on any atom is -0.344 e. The van der Waals surface area contributed by atoms with Gasteiger partial charge in [-0.2, -0.15) is 0 Å². The maximum Gasteiger partial charge on any atom is 0.231 e. The molecule has 1 atom stereocenters. The van der Waals surface area contributed by atoms with Crippen LogP contribution in [-0.4, -0.2) is 52.9 Å². The summed E-state index contributed by atoms with van der Waals surface area (Å²) in [6.45, 7) is 0.208. The van der Waals surface area contributed by atoms with Crippen LogP contribution in [0.15, 0.2) is 5.16 Å². The van der Waals surface area contributed by atoms with E-state index in [4.69, 9.17) is 6.42 Å². The predicted octanol–water partition coefficient (Wildman–Crippen LogP) is -0.366. The Bertz CT molecular complexity index is 691. The van der Waals surface area contributed by atoms with Crippen LogP contribution >= 0.6 is 11.8 Å². The molecule has 2 rings (SSSR count). The van der Waals surface area contributed by atoms with Crippen molar-refractivity contribution in [1.29, 1.82) is 0 Å². The quantitative estimate of drug-likeness (QED) is 0.560. The van der Waals surface area contributed by atoms with E-state index < -0.39 is 9.84 Å². The van der Waals surface area contributed by atoms with Gasteiger partial charge in [-0.1, -0.05) is 17.7 Å². The van der Waals surface area contributed by atoms with Gasteiger partial charge in [-0.25, -0.2) is 8.42 Å². The largest absolute Gasteiger partial charge is 0.344 e. The van der Waals surface area contributed by atoms with Gasteiger partial charge in [0.1, 0.15) is 5.82 Å². The molecule has 0 radical (unpaired) electrons. The van der Waals surface area contributed by atoms with Crippen LogP contribution in [0.4, 0.5) is 0 Å². The number of aromatic nitrogens is 3. The van der Waals surface area contributed by atoms with Crippen LogP contribution < -0.4 is 5.32 Å². The number of terminal acetylenes is 1. The van der Waals surface area contributed by atoms with Gasteiger partial charge >= 0.3 is 0 Å². The molecule has 0 spiro atoms. The summed E-state index contributed by atoms with van der Waals surface area (Å²) in [7, 11) is -1.06. The van der Waals surface area contributed by atoms with Crippen LogP contribution in [0.2, 0.25) is 0 Å². The fraction of sp³-hybridized carbons (Fsp3) is 0.615. The van der Waals surface area contributed by atoms with Crippen molar-refractivity contribution in [3.05, 3.63) is 5.82 Å². The highest BCUT2D eigenvalue weighted by Gasteiger charge is 2.29. The van der Waals surface area contributed by atoms with Gasteiger partial charge in [0.25, 0.3) is 0 Å². The molecule has 1 N–H and O–H groups in total. The molecule has 1 saturated heterocycles. The maximum absolute atomic E-state index is 11.5. The highest BCUT2D eigenvalue weighted by molar-refractivity contribution is 7.99. The fourth-order valence-corrected chi connectivity index (χ4v) is 4.89. The van der Waals surface area contributed by atoms with Crippen molar-refractivity contribution in [2.45, 2.75) is 18.0 Å². The number of carbonyl (C=O) groups excluding carboxylic acids is 1. The molecule has 0 aromatic carbocycles. The number of sulfone groups is 1. The number of thioether (sulfide) groups is 1. The molecule has 1 amide bonds. The Balaban J connectivity index is 1.90. The van der Waals surface area contributed by atoms with Gasteiger partial charge in [0.15, 0.2) is 15.0 Å². The zero-order chi connectivity index (χ0) is 16.2. The molecule has 9 heteroatoms. The lowest BCUT2D eigenvalue weighted by Gasteiger charge is -2.07. The van der Waals surface area contributed by atoms with Gasteiger partial charge < -0.3 is 9.88 Å². The van der Waals surface area contributed by atoms with Crippen molar-refractivity contribution in [2.24, 2.45) is 13.0 Å². The van der Waals surface area contributed by atoms with E-state index >= 15 is 0 Å². The molecule has 0 aliphatic carbocycles. The molecule has 2 heterocycles. The lowest BCUT2D eigenvalue weighted by molar-refractivity contribution is -0.118. The summed E-state index contributed by atoms with van der Waals surface area (Å²) in [5.74, 6) is 3.71. The number of nitrogens with zero attached hydrogens (tertiary/aromatic N) is 3. The van der Waals surface area contributed by atoms with Gasteiger partial charge in [0, 0.05) is 13.5 Å². The van der Waals surface area contributed by atoms with E-state index in [9.17, 15) is 13.2 Å². The topological polar surface area (TPSA) is 94.0 Å². The molecule has 22 heavy (non-hydrogen) atoms. The average molecular weight is 342 g/mol. The zero-order valence-electron chi connectivity index (χ0n) is 12.3. The molecule has 7 nitrogen and oxygen atoms in total. The van der Waals surface area contributed by atoms with Gasteiger partial charge in [-0.05, 0) is 12.3 Å². The molecule has 0 bridgehead atoms. The van der Waals surface area contributed by atoms with E-state index in [1.807, 2.05) is 11.6 Å². The summed E-state index contributed by atoms with van der Waals surface area (Å²) >= 11 is 1.27. The smallest absolute Gasteiger partial charge is 0.231 e. The second kappa shape index (κ2) is 7.15. The molecule has 1 aliphatic heterocycles. The monoisotopic (exact) mass is 342 g/mol.